The highest BCUT2D eigenvalue weighted by Gasteiger charge is 2.13. The molecule has 0 fully saturated rings. The van der Waals surface area contributed by atoms with Crippen LogP contribution in [-0.4, -0.2) is 9.38 Å². The van der Waals surface area contributed by atoms with Crippen LogP contribution in [0, 0.1) is 18.3 Å². The van der Waals surface area contributed by atoms with Gasteiger partial charge in [-0.15, -0.1) is 0 Å². The largest absolute Gasteiger partial charge is 0.290 e. The van der Waals surface area contributed by atoms with Gasteiger partial charge in [0.15, 0.2) is 5.69 Å². The van der Waals surface area contributed by atoms with Gasteiger partial charge in [-0.3, -0.25) is 4.40 Å². The summed E-state index contributed by atoms with van der Waals surface area (Å²) in [5.41, 5.74) is 4.13. The van der Waals surface area contributed by atoms with Crippen LogP contribution in [0.3, 0.4) is 0 Å². The van der Waals surface area contributed by atoms with Gasteiger partial charge in [-0.2, -0.15) is 5.26 Å². The van der Waals surface area contributed by atoms with E-state index in [0.717, 1.165) is 26.9 Å². The van der Waals surface area contributed by atoms with E-state index in [1.807, 2.05) is 53.9 Å². The Hall–Kier alpha value is -2.12. The van der Waals surface area contributed by atoms with Crippen molar-refractivity contribution < 1.29 is 0 Å². The summed E-state index contributed by atoms with van der Waals surface area (Å²) in [6, 6.07) is 14.0. The Kier molecular flexibility index (Phi) is 2.84. The van der Waals surface area contributed by atoms with Crippen LogP contribution in [0.2, 0.25) is 0 Å². The van der Waals surface area contributed by atoms with Gasteiger partial charge in [-0.05, 0) is 30.7 Å². The molecule has 0 aliphatic carbocycles. The van der Waals surface area contributed by atoms with E-state index in [-0.39, 0.29) is 0 Å². The number of imidazole rings is 1. The van der Waals surface area contributed by atoms with Crippen LogP contribution in [-0.2, 0) is 0 Å². The van der Waals surface area contributed by atoms with E-state index in [1.54, 1.807) is 0 Å². The minimum atomic E-state index is 0.570. The fourth-order valence-electron chi connectivity index (χ4n) is 2.07. The Labute approximate surface area is 119 Å². The SMILES string of the molecule is Cc1ccc2nc(-c3ccc(Br)cc3)c(C#N)n2c1. The average Bonchev–Trinajstić information content (AvgIpc) is 2.77. The van der Waals surface area contributed by atoms with Gasteiger partial charge in [-0.1, -0.05) is 34.1 Å². The topological polar surface area (TPSA) is 41.1 Å². The Balaban J connectivity index is 2.29. The Morgan fingerprint density at radius 3 is 2.58 bits per heavy atom. The fraction of sp³-hybridized carbons (Fsp3) is 0.0667. The molecule has 0 aliphatic heterocycles. The van der Waals surface area contributed by atoms with Crippen LogP contribution >= 0.6 is 15.9 Å². The molecule has 0 N–H and O–H groups in total. The van der Waals surface area contributed by atoms with Gasteiger partial charge >= 0.3 is 0 Å². The van der Waals surface area contributed by atoms with Gasteiger partial charge < -0.3 is 0 Å². The molecule has 0 unspecified atom stereocenters. The molecule has 0 saturated carbocycles. The van der Waals surface area contributed by atoms with E-state index in [9.17, 15) is 5.26 Å². The van der Waals surface area contributed by atoms with Crippen molar-refractivity contribution in [1.82, 2.24) is 9.38 Å². The first-order chi connectivity index (χ1) is 9.19. The predicted molar refractivity (Wildman–Crippen MR) is 77.8 cm³/mol. The zero-order valence-electron chi connectivity index (χ0n) is 10.3. The minimum Gasteiger partial charge on any atom is -0.290 e. The van der Waals surface area contributed by atoms with E-state index in [2.05, 4.69) is 27.0 Å². The van der Waals surface area contributed by atoms with Crippen LogP contribution in [0.5, 0.6) is 0 Å². The lowest BCUT2D eigenvalue weighted by Crippen LogP contribution is -1.89. The maximum absolute atomic E-state index is 9.39. The number of aryl methyl sites for hydroxylation is 1. The molecule has 3 nitrogen and oxygen atoms in total. The molecule has 0 amide bonds. The third kappa shape index (κ3) is 2.02. The summed E-state index contributed by atoms with van der Waals surface area (Å²) in [5, 5.41) is 9.39. The van der Waals surface area contributed by atoms with Gasteiger partial charge in [0.1, 0.15) is 17.4 Å². The Bertz CT molecular complexity index is 795. The second kappa shape index (κ2) is 4.52. The molecule has 4 heteroatoms. The van der Waals surface area contributed by atoms with Crippen molar-refractivity contribution in [2.75, 3.05) is 0 Å². The first-order valence-electron chi connectivity index (χ1n) is 5.84. The van der Waals surface area contributed by atoms with Crippen molar-refractivity contribution in [1.29, 1.82) is 5.26 Å². The summed E-state index contributed by atoms with van der Waals surface area (Å²) in [5.74, 6) is 0. The Morgan fingerprint density at radius 1 is 1.16 bits per heavy atom. The van der Waals surface area contributed by atoms with Gasteiger partial charge in [0.2, 0.25) is 0 Å². The molecule has 1 aromatic carbocycles. The number of nitrogens with zero attached hydrogens (tertiary/aromatic N) is 3. The smallest absolute Gasteiger partial charge is 0.152 e. The van der Waals surface area contributed by atoms with Crippen LogP contribution in [0.15, 0.2) is 47.1 Å². The minimum absolute atomic E-state index is 0.570. The van der Waals surface area contributed by atoms with Crippen molar-refractivity contribution in [3.05, 3.63) is 58.3 Å². The molecule has 92 valence electrons. The lowest BCUT2D eigenvalue weighted by atomic mass is 10.1. The van der Waals surface area contributed by atoms with E-state index >= 15 is 0 Å². The van der Waals surface area contributed by atoms with Crippen molar-refractivity contribution >= 4 is 21.6 Å². The second-order valence-electron chi connectivity index (χ2n) is 4.36. The lowest BCUT2D eigenvalue weighted by Gasteiger charge is -1.98. The molecule has 0 radical (unpaired) electrons. The summed E-state index contributed by atoms with van der Waals surface area (Å²) >= 11 is 3.41. The molecule has 0 saturated heterocycles. The number of hydrogen-bond acceptors (Lipinski definition) is 2. The highest BCUT2D eigenvalue weighted by atomic mass is 79.9. The van der Waals surface area contributed by atoms with Crippen LogP contribution < -0.4 is 0 Å². The number of nitriles is 1. The molecule has 0 spiro atoms. The molecule has 0 aliphatic rings. The summed E-state index contributed by atoms with van der Waals surface area (Å²) in [4.78, 5) is 4.55. The number of halogens is 1. The third-order valence-electron chi connectivity index (χ3n) is 2.99. The van der Waals surface area contributed by atoms with E-state index in [0.29, 0.717) is 5.69 Å². The van der Waals surface area contributed by atoms with Crippen molar-refractivity contribution in [3.8, 4) is 17.3 Å². The van der Waals surface area contributed by atoms with Crippen LogP contribution in [0.25, 0.3) is 16.9 Å². The monoisotopic (exact) mass is 311 g/mol. The summed E-state index contributed by atoms with van der Waals surface area (Å²) in [6.45, 7) is 2.00. The molecule has 19 heavy (non-hydrogen) atoms. The maximum Gasteiger partial charge on any atom is 0.152 e. The molecule has 0 atom stereocenters. The van der Waals surface area contributed by atoms with Crippen molar-refractivity contribution in [2.24, 2.45) is 0 Å². The number of pyridine rings is 1. The molecule has 3 rings (SSSR count). The number of aromatic nitrogens is 2. The summed E-state index contributed by atoms with van der Waals surface area (Å²) in [7, 11) is 0. The third-order valence-corrected chi connectivity index (χ3v) is 3.52. The van der Waals surface area contributed by atoms with E-state index in [4.69, 9.17) is 0 Å². The zero-order valence-corrected chi connectivity index (χ0v) is 11.8. The summed E-state index contributed by atoms with van der Waals surface area (Å²) in [6.07, 6.45) is 1.93. The Morgan fingerprint density at radius 2 is 1.89 bits per heavy atom. The normalized spacial score (nSPS) is 10.6. The van der Waals surface area contributed by atoms with Gasteiger partial charge in [0.25, 0.3) is 0 Å². The molecule has 2 aromatic heterocycles. The quantitative estimate of drug-likeness (QED) is 0.683. The highest BCUT2D eigenvalue weighted by Crippen LogP contribution is 2.25. The van der Waals surface area contributed by atoms with Gasteiger partial charge in [0, 0.05) is 16.2 Å². The van der Waals surface area contributed by atoms with E-state index in [1.165, 1.54) is 0 Å². The fourth-order valence-corrected chi connectivity index (χ4v) is 2.33. The van der Waals surface area contributed by atoms with Crippen molar-refractivity contribution in [3.63, 3.8) is 0 Å². The number of fused-ring (bicyclic) bond motifs is 1. The molecule has 0 bridgehead atoms. The van der Waals surface area contributed by atoms with Crippen LogP contribution in [0.4, 0.5) is 0 Å². The highest BCUT2D eigenvalue weighted by molar-refractivity contribution is 9.10. The van der Waals surface area contributed by atoms with Gasteiger partial charge in [-0.25, -0.2) is 4.98 Å². The van der Waals surface area contributed by atoms with Crippen LogP contribution in [0.1, 0.15) is 11.3 Å². The summed E-state index contributed by atoms with van der Waals surface area (Å²) < 4.78 is 2.85. The van der Waals surface area contributed by atoms with E-state index < -0.39 is 0 Å². The number of benzene rings is 1. The molecule has 2 heterocycles. The zero-order chi connectivity index (χ0) is 13.4. The first kappa shape index (κ1) is 11.9. The second-order valence-corrected chi connectivity index (χ2v) is 5.28. The van der Waals surface area contributed by atoms with Gasteiger partial charge in [0.05, 0.1) is 0 Å². The lowest BCUT2D eigenvalue weighted by molar-refractivity contribution is 1.13. The van der Waals surface area contributed by atoms with Crippen molar-refractivity contribution in [2.45, 2.75) is 6.92 Å². The molecule has 3 aromatic rings. The molecular weight excluding hydrogens is 302 g/mol. The number of hydrogen-bond donors (Lipinski definition) is 0. The molecular formula is C15H10BrN3. The number of rotatable bonds is 1. The maximum atomic E-state index is 9.39. The average molecular weight is 312 g/mol. The first-order valence-corrected chi connectivity index (χ1v) is 6.63. The standard InChI is InChI=1S/C15H10BrN3/c1-10-2-7-14-18-15(13(8-17)19(14)9-10)11-3-5-12(16)6-4-11/h2-7,9H,1H3. The predicted octanol–water partition coefficient (Wildman–Crippen LogP) is 3.94.